The van der Waals surface area contributed by atoms with E-state index in [0.29, 0.717) is 35.3 Å². The number of piperidine rings is 1. The normalized spacial score (nSPS) is 17.3. The molecular weight excluding hydrogens is 501 g/mol. The third-order valence-corrected chi connectivity index (χ3v) is 10.9. The molecule has 1 aliphatic rings. The molecule has 0 radical (unpaired) electrons. The Bertz CT molecular complexity index is 1270. The molecule has 10 heteroatoms. The Morgan fingerprint density at radius 1 is 1.20 bits per heavy atom. The van der Waals surface area contributed by atoms with Gasteiger partial charge in [0, 0.05) is 26.2 Å². The molecule has 3 aromatic rings. The molecule has 2 aromatic heterocycles. The number of likely N-dealkylation sites (N-methyl/N-ethyl adjacent to an activating group) is 1. The summed E-state index contributed by atoms with van der Waals surface area (Å²) in [7, 11) is -3.58. The Balaban J connectivity index is 1.62. The van der Waals surface area contributed by atoms with Crippen LogP contribution in [0.5, 0.6) is 0 Å². The van der Waals surface area contributed by atoms with Crippen LogP contribution in [0.4, 0.5) is 5.13 Å². The molecule has 0 aliphatic carbocycles. The van der Waals surface area contributed by atoms with E-state index in [1.54, 1.807) is 28.8 Å². The second-order valence-corrected chi connectivity index (χ2v) is 13.2. The number of thiophene rings is 1. The molecule has 1 aliphatic heterocycles. The van der Waals surface area contributed by atoms with Crippen molar-refractivity contribution in [2.75, 3.05) is 44.2 Å². The van der Waals surface area contributed by atoms with Crippen LogP contribution >= 0.6 is 22.7 Å². The molecule has 3 heterocycles. The zero-order chi connectivity index (χ0) is 25.2. The average molecular weight is 535 g/mol. The van der Waals surface area contributed by atoms with Crippen molar-refractivity contribution >= 4 is 54.0 Å². The van der Waals surface area contributed by atoms with E-state index in [1.165, 1.54) is 21.2 Å². The van der Waals surface area contributed by atoms with E-state index in [1.807, 2.05) is 4.90 Å². The van der Waals surface area contributed by atoms with Crippen molar-refractivity contribution in [3.63, 3.8) is 0 Å². The van der Waals surface area contributed by atoms with Crippen molar-refractivity contribution in [2.45, 2.75) is 44.7 Å². The molecule has 0 bridgehead atoms. The van der Waals surface area contributed by atoms with Gasteiger partial charge < -0.3 is 4.90 Å². The number of nitrogens with zero attached hydrogens (tertiary/aromatic N) is 4. The summed E-state index contributed by atoms with van der Waals surface area (Å²) in [6.45, 7) is 12.1. The number of hydrogen-bond donors (Lipinski definition) is 0. The van der Waals surface area contributed by atoms with Crippen LogP contribution < -0.4 is 4.90 Å². The minimum Gasteiger partial charge on any atom is -0.302 e. The highest BCUT2D eigenvalue weighted by atomic mass is 32.2. The van der Waals surface area contributed by atoms with Crippen molar-refractivity contribution in [3.05, 3.63) is 40.8 Å². The van der Waals surface area contributed by atoms with Gasteiger partial charge in [-0.3, -0.25) is 9.69 Å². The standard InChI is InChI=1S/C25H34N4O3S3/c1-5-27(6-2)12-13-29(25-26-23-19(4)15-18(3)16-21(23)34-25)24(30)20-9-7-11-28(17-20)35(31,32)22-10-8-14-33-22/h8,10,14-16,20H,5-7,9,11-13,17H2,1-4H3. The summed E-state index contributed by atoms with van der Waals surface area (Å²) in [5.74, 6) is -0.415. The Hall–Kier alpha value is -1.85. The largest absolute Gasteiger partial charge is 0.302 e. The van der Waals surface area contributed by atoms with Gasteiger partial charge in [0.1, 0.15) is 4.21 Å². The number of benzene rings is 1. The number of fused-ring (bicyclic) bond motifs is 1. The maximum Gasteiger partial charge on any atom is 0.252 e. The fourth-order valence-corrected chi connectivity index (χ4v) is 8.52. The first-order valence-electron chi connectivity index (χ1n) is 12.2. The number of aryl methyl sites for hydroxylation is 2. The number of aromatic nitrogens is 1. The molecule has 190 valence electrons. The summed E-state index contributed by atoms with van der Waals surface area (Å²) in [5.41, 5.74) is 3.21. The zero-order valence-corrected chi connectivity index (χ0v) is 23.3. The minimum atomic E-state index is -3.58. The zero-order valence-electron chi connectivity index (χ0n) is 20.9. The second kappa shape index (κ2) is 11.0. The lowest BCUT2D eigenvalue weighted by molar-refractivity contribution is -0.123. The minimum absolute atomic E-state index is 0.0309. The van der Waals surface area contributed by atoms with Gasteiger partial charge in [0.15, 0.2) is 5.13 Å². The van der Waals surface area contributed by atoms with Crippen LogP contribution in [0.2, 0.25) is 0 Å². The van der Waals surface area contributed by atoms with Crippen LogP contribution in [-0.2, 0) is 14.8 Å². The van der Waals surface area contributed by atoms with Gasteiger partial charge in [-0.2, -0.15) is 4.31 Å². The molecule has 1 unspecified atom stereocenters. The van der Waals surface area contributed by atoms with Crippen molar-refractivity contribution in [3.8, 4) is 0 Å². The molecule has 1 saturated heterocycles. The summed E-state index contributed by atoms with van der Waals surface area (Å²) in [6, 6.07) is 7.61. The summed E-state index contributed by atoms with van der Waals surface area (Å²) in [4.78, 5) is 22.9. The van der Waals surface area contributed by atoms with E-state index in [-0.39, 0.29) is 18.4 Å². The van der Waals surface area contributed by atoms with Crippen LogP contribution in [0.1, 0.15) is 37.8 Å². The first-order chi connectivity index (χ1) is 16.7. The van der Waals surface area contributed by atoms with Crippen LogP contribution in [0.15, 0.2) is 33.9 Å². The number of rotatable bonds is 9. The number of anilines is 1. The lowest BCUT2D eigenvalue weighted by Crippen LogP contribution is -2.48. The number of hydrogen-bond acceptors (Lipinski definition) is 7. The fraction of sp³-hybridized carbons (Fsp3) is 0.520. The van der Waals surface area contributed by atoms with Crippen LogP contribution in [-0.4, -0.2) is 67.8 Å². The van der Waals surface area contributed by atoms with Crippen molar-refractivity contribution in [1.82, 2.24) is 14.2 Å². The van der Waals surface area contributed by atoms with Gasteiger partial charge in [-0.15, -0.1) is 11.3 Å². The molecule has 0 N–H and O–H groups in total. The number of sulfonamides is 1. The van der Waals surface area contributed by atoms with E-state index < -0.39 is 10.0 Å². The maximum absolute atomic E-state index is 13.9. The summed E-state index contributed by atoms with van der Waals surface area (Å²) in [6.07, 6.45) is 1.35. The highest BCUT2D eigenvalue weighted by Gasteiger charge is 2.36. The number of amides is 1. The predicted molar refractivity (Wildman–Crippen MR) is 145 cm³/mol. The third-order valence-electron chi connectivity index (χ3n) is 6.67. The Kier molecular flexibility index (Phi) is 8.27. The molecule has 0 saturated carbocycles. The summed E-state index contributed by atoms with van der Waals surface area (Å²) < 4.78 is 29.2. The number of carbonyl (C=O) groups is 1. The number of carbonyl (C=O) groups excluding carboxylic acids is 1. The SMILES string of the molecule is CCN(CC)CCN(C(=O)C1CCCN(S(=O)(=O)c2cccs2)C1)c1nc2c(C)cc(C)cc2s1. The first kappa shape index (κ1) is 26.2. The third kappa shape index (κ3) is 5.61. The summed E-state index contributed by atoms with van der Waals surface area (Å²) in [5, 5.41) is 2.47. The monoisotopic (exact) mass is 534 g/mol. The van der Waals surface area contributed by atoms with Crippen LogP contribution in [0, 0.1) is 19.8 Å². The molecule has 1 amide bonds. The van der Waals surface area contributed by atoms with Gasteiger partial charge in [-0.05, 0) is 68.4 Å². The van der Waals surface area contributed by atoms with Gasteiger partial charge in [0.2, 0.25) is 5.91 Å². The molecule has 7 nitrogen and oxygen atoms in total. The van der Waals surface area contributed by atoms with Gasteiger partial charge in [-0.1, -0.05) is 37.3 Å². The molecular formula is C25H34N4O3S3. The van der Waals surface area contributed by atoms with Crippen molar-refractivity contribution in [1.29, 1.82) is 0 Å². The van der Waals surface area contributed by atoms with Gasteiger partial charge in [-0.25, -0.2) is 13.4 Å². The Morgan fingerprint density at radius 2 is 1.97 bits per heavy atom. The van der Waals surface area contributed by atoms with Crippen molar-refractivity contribution < 1.29 is 13.2 Å². The lowest BCUT2D eigenvalue weighted by atomic mass is 9.98. The van der Waals surface area contributed by atoms with Crippen LogP contribution in [0.25, 0.3) is 10.2 Å². The molecule has 35 heavy (non-hydrogen) atoms. The first-order valence-corrected chi connectivity index (χ1v) is 15.3. The fourth-order valence-electron chi connectivity index (χ4n) is 4.68. The molecule has 1 aromatic carbocycles. The summed E-state index contributed by atoms with van der Waals surface area (Å²) >= 11 is 2.76. The van der Waals surface area contributed by atoms with E-state index in [9.17, 15) is 13.2 Å². The maximum atomic E-state index is 13.9. The quantitative estimate of drug-likeness (QED) is 0.396. The van der Waals surface area contributed by atoms with Crippen LogP contribution in [0.3, 0.4) is 0 Å². The van der Waals surface area contributed by atoms with E-state index in [0.717, 1.165) is 35.4 Å². The highest BCUT2D eigenvalue weighted by Crippen LogP contribution is 2.34. The van der Waals surface area contributed by atoms with Gasteiger partial charge in [0.25, 0.3) is 10.0 Å². The lowest BCUT2D eigenvalue weighted by Gasteiger charge is -2.34. The molecule has 1 atom stereocenters. The van der Waals surface area contributed by atoms with E-state index in [4.69, 9.17) is 4.98 Å². The highest BCUT2D eigenvalue weighted by molar-refractivity contribution is 7.91. The Morgan fingerprint density at radius 3 is 2.66 bits per heavy atom. The molecule has 4 rings (SSSR count). The average Bonchev–Trinajstić information content (AvgIpc) is 3.53. The Labute approximate surface area is 216 Å². The topological polar surface area (TPSA) is 73.8 Å². The van der Waals surface area contributed by atoms with Gasteiger partial charge in [0.05, 0.1) is 16.1 Å². The predicted octanol–water partition coefficient (Wildman–Crippen LogP) is 4.75. The molecule has 0 spiro atoms. The van der Waals surface area contributed by atoms with E-state index >= 15 is 0 Å². The van der Waals surface area contributed by atoms with Crippen molar-refractivity contribution in [2.24, 2.45) is 5.92 Å². The van der Waals surface area contributed by atoms with E-state index in [2.05, 4.69) is 44.7 Å². The second-order valence-electron chi connectivity index (χ2n) is 9.08. The molecule has 1 fully saturated rings. The van der Waals surface area contributed by atoms with Gasteiger partial charge >= 0.3 is 0 Å². The number of thiazole rings is 1. The smallest absolute Gasteiger partial charge is 0.252 e.